The second-order valence-corrected chi connectivity index (χ2v) is 8.79. The maximum Gasteiger partial charge on any atom is 0.423 e. The van der Waals surface area contributed by atoms with Gasteiger partial charge in [-0.2, -0.15) is 18.3 Å². The first-order valence-electron chi connectivity index (χ1n) is 11.4. The molecule has 0 amide bonds. The van der Waals surface area contributed by atoms with Crippen LogP contribution in [-0.4, -0.2) is 36.9 Å². The zero-order valence-electron chi connectivity index (χ0n) is 20.2. The number of nitrogens with zero attached hydrogens (tertiary/aromatic N) is 4. The number of hydrogen-bond donors (Lipinski definition) is 2. The molecule has 4 aromatic rings. The van der Waals surface area contributed by atoms with Crippen molar-refractivity contribution in [3.05, 3.63) is 80.4 Å². The largest absolute Gasteiger partial charge is 0.423 e. The Balaban J connectivity index is 1.55. The van der Waals surface area contributed by atoms with Gasteiger partial charge in [-0.05, 0) is 24.4 Å². The summed E-state index contributed by atoms with van der Waals surface area (Å²) in [6.07, 6.45) is -6.81. The molecule has 0 aliphatic heterocycles. The summed E-state index contributed by atoms with van der Waals surface area (Å²) in [4.78, 5) is 31.7. The maximum absolute atomic E-state index is 15.0. The van der Waals surface area contributed by atoms with Gasteiger partial charge in [-0.3, -0.25) is 9.59 Å². The number of benzene rings is 1. The highest BCUT2D eigenvalue weighted by atomic mass is 19.4. The lowest BCUT2D eigenvalue weighted by atomic mass is 10.1. The van der Waals surface area contributed by atoms with Gasteiger partial charge in [-0.15, -0.1) is 0 Å². The van der Waals surface area contributed by atoms with Crippen LogP contribution in [0.2, 0.25) is 0 Å². The van der Waals surface area contributed by atoms with Crippen molar-refractivity contribution in [2.45, 2.75) is 44.7 Å². The van der Waals surface area contributed by atoms with Crippen molar-refractivity contribution < 1.29 is 35.1 Å². The van der Waals surface area contributed by atoms with Gasteiger partial charge in [0.25, 0.3) is 17.5 Å². The highest BCUT2D eigenvalue weighted by Gasteiger charge is 2.37. The zero-order chi connectivity index (χ0) is 29.4. The first-order valence-corrected chi connectivity index (χ1v) is 11.4. The lowest BCUT2D eigenvalue weighted by Gasteiger charge is -2.20. The molecule has 0 aliphatic carbocycles. The summed E-state index contributed by atoms with van der Waals surface area (Å²) < 4.78 is 111. The Bertz CT molecular complexity index is 1650. The van der Waals surface area contributed by atoms with Crippen molar-refractivity contribution >= 4 is 16.5 Å². The standard InChI is InChI=1S/C24H18F8N6O2/c1-10(36-15-8-35-37-22(39)17(15)24(30,31)32)4-13(25)9-38-3-2-11-5-14(18(26)19(27)16(11)23(38)40)21-33-6-12(7-34-21)20(28)29/h2-3,5-8,10,13,20H,4,9H2,1H3,(H2,36,37,39). The minimum atomic E-state index is -5.01. The number of H-pyrrole nitrogens is 1. The number of hydrogen-bond acceptors (Lipinski definition) is 6. The number of anilines is 1. The number of rotatable bonds is 8. The first kappa shape index (κ1) is 28.6. The molecular weight excluding hydrogens is 556 g/mol. The Morgan fingerprint density at radius 3 is 2.35 bits per heavy atom. The van der Waals surface area contributed by atoms with Crippen LogP contribution in [0.25, 0.3) is 22.2 Å². The zero-order valence-corrected chi connectivity index (χ0v) is 20.2. The topological polar surface area (TPSA) is 106 Å². The number of aromatic amines is 1. The van der Waals surface area contributed by atoms with Crippen LogP contribution in [-0.2, 0) is 12.7 Å². The molecule has 16 heteroatoms. The van der Waals surface area contributed by atoms with Crippen LogP contribution < -0.4 is 16.4 Å². The molecule has 2 atom stereocenters. The summed E-state index contributed by atoms with van der Waals surface area (Å²) in [6.45, 7) is 0.686. The van der Waals surface area contributed by atoms with Gasteiger partial charge in [0.15, 0.2) is 17.5 Å². The van der Waals surface area contributed by atoms with E-state index in [1.54, 1.807) is 5.10 Å². The molecule has 0 aliphatic rings. The minimum absolute atomic E-state index is 0.0939. The fourth-order valence-corrected chi connectivity index (χ4v) is 4.06. The Labute approximate surface area is 218 Å². The molecule has 40 heavy (non-hydrogen) atoms. The molecular formula is C24H18F8N6O2. The highest BCUT2D eigenvalue weighted by Crippen LogP contribution is 2.32. The molecule has 4 rings (SSSR count). The molecule has 0 saturated heterocycles. The van der Waals surface area contributed by atoms with E-state index < -0.39 is 94.1 Å². The fraction of sp³-hybridized carbons (Fsp3) is 0.292. The number of halogens is 8. The SMILES string of the molecule is CC(CC(F)Cn1ccc2cc(-c3ncc(C(F)F)cn3)c(F)c(F)c2c1=O)Nc1cn[nH]c(=O)c1C(F)(F)F. The van der Waals surface area contributed by atoms with Gasteiger partial charge >= 0.3 is 6.18 Å². The number of pyridine rings is 1. The number of aromatic nitrogens is 5. The van der Waals surface area contributed by atoms with Crippen molar-refractivity contribution in [3.8, 4) is 11.4 Å². The van der Waals surface area contributed by atoms with Crippen LogP contribution in [0.4, 0.5) is 40.8 Å². The van der Waals surface area contributed by atoms with E-state index >= 15 is 0 Å². The van der Waals surface area contributed by atoms with E-state index in [-0.39, 0.29) is 5.39 Å². The van der Waals surface area contributed by atoms with Gasteiger partial charge in [0.1, 0.15) is 11.7 Å². The Hall–Kier alpha value is -4.37. The molecule has 1 aromatic carbocycles. The van der Waals surface area contributed by atoms with Crippen LogP contribution in [0.1, 0.15) is 30.9 Å². The summed E-state index contributed by atoms with van der Waals surface area (Å²) in [6, 6.07) is 1.27. The predicted molar refractivity (Wildman–Crippen MR) is 127 cm³/mol. The van der Waals surface area contributed by atoms with Gasteiger partial charge < -0.3 is 9.88 Å². The Morgan fingerprint density at radius 1 is 1.05 bits per heavy atom. The number of fused-ring (bicyclic) bond motifs is 1. The van der Waals surface area contributed by atoms with Gasteiger partial charge in [0, 0.05) is 31.1 Å². The van der Waals surface area contributed by atoms with E-state index in [0.29, 0.717) is 0 Å². The third-order valence-electron chi connectivity index (χ3n) is 5.86. The average molecular weight is 574 g/mol. The van der Waals surface area contributed by atoms with Crippen molar-refractivity contribution in [1.29, 1.82) is 0 Å². The monoisotopic (exact) mass is 574 g/mol. The number of nitrogens with one attached hydrogen (secondary N) is 2. The molecule has 2 unspecified atom stereocenters. The van der Waals surface area contributed by atoms with Gasteiger partial charge in [-0.25, -0.2) is 37.0 Å². The Kier molecular flexibility index (Phi) is 7.88. The lowest BCUT2D eigenvalue weighted by Crippen LogP contribution is -2.30. The van der Waals surface area contributed by atoms with E-state index in [2.05, 4.69) is 20.4 Å². The summed E-state index contributed by atoms with van der Waals surface area (Å²) in [5.74, 6) is -3.50. The molecule has 2 N–H and O–H groups in total. The summed E-state index contributed by atoms with van der Waals surface area (Å²) in [7, 11) is 0. The second kappa shape index (κ2) is 11.0. The molecule has 0 fully saturated rings. The second-order valence-electron chi connectivity index (χ2n) is 8.79. The smallest absolute Gasteiger partial charge is 0.381 e. The molecule has 0 spiro atoms. The third-order valence-corrected chi connectivity index (χ3v) is 5.86. The van der Waals surface area contributed by atoms with Crippen LogP contribution in [0.3, 0.4) is 0 Å². The van der Waals surface area contributed by atoms with Crippen molar-refractivity contribution in [2.75, 3.05) is 5.32 Å². The minimum Gasteiger partial charge on any atom is -0.381 e. The van der Waals surface area contributed by atoms with E-state index in [9.17, 15) is 44.7 Å². The molecule has 0 saturated carbocycles. The average Bonchev–Trinajstić information content (AvgIpc) is 2.86. The summed E-state index contributed by atoms with van der Waals surface area (Å²) in [5.41, 5.74) is -5.80. The van der Waals surface area contributed by atoms with Gasteiger partial charge in [-0.1, -0.05) is 0 Å². The third kappa shape index (κ3) is 5.79. The number of alkyl halides is 6. The summed E-state index contributed by atoms with van der Waals surface area (Å²) >= 11 is 0. The molecule has 3 heterocycles. The van der Waals surface area contributed by atoms with Crippen LogP contribution >= 0.6 is 0 Å². The first-order chi connectivity index (χ1) is 18.8. The van der Waals surface area contributed by atoms with Crippen LogP contribution in [0.15, 0.2) is 46.5 Å². The van der Waals surface area contributed by atoms with Crippen molar-refractivity contribution in [3.63, 3.8) is 0 Å². The van der Waals surface area contributed by atoms with Crippen molar-refractivity contribution in [1.82, 2.24) is 24.7 Å². The summed E-state index contributed by atoms with van der Waals surface area (Å²) in [5, 5.41) is 6.55. The normalized spacial score (nSPS) is 13.6. The van der Waals surface area contributed by atoms with E-state index in [4.69, 9.17) is 0 Å². The fourth-order valence-electron chi connectivity index (χ4n) is 4.06. The van der Waals surface area contributed by atoms with Crippen LogP contribution in [0, 0.1) is 11.6 Å². The maximum atomic E-state index is 15.0. The van der Waals surface area contributed by atoms with E-state index in [0.717, 1.165) is 35.4 Å². The highest BCUT2D eigenvalue weighted by molar-refractivity contribution is 5.86. The van der Waals surface area contributed by atoms with Crippen molar-refractivity contribution in [2.24, 2.45) is 0 Å². The molecule has 212 valence electrons. The molecule has 3 aromatic heterocycles. The molecule has 0 bridgehead atoms. The van der Waals surface area contributed by atoms with Gasteiger partial charge in [0.2, 0.25) is 0 Å². The Morgan fingerprint density at radius 2 is 1.73 bits per heavy atom. The lowest BCUT2D eigenvalue weighted by molar-refractivity contribution is -0.138. The quantitative estimate of drug-likeness (QED) is 0.287. The predicted octanol–water partition coefficient (Wildman–Crippen LogP) is 5.01. The molecule has 0 radical (unpaired) electrons. The van der Waals surface area contributed by atoms with Gasteiger partial charge in [0.05, 0.1) is 34.9 Å². The van der Waals surface area contributed by atoms with Crippen LogP contribution in [0.5, 0.6) is 0 Å². The van der Waals surface area contributed by atoms with E-state index in [1.807, 2.05) is 0 Å². The van der Waals surface area contributed by atoms with E-state index in [1.165, 1.54) is 13.0 Å². The molecule has 8 nitrogen and oxygen atoms in total.